The van der Waals surface area contributed by atoms with Gasteiger partial charge in [-0.25, -0.2) is 0 Å². The van der Waals surface area contributed by atoms with Gasteiger partial charge in [0, 0.05) is 11.5 Å². The molecule has 13 heavy (non-hydrogen) atoms. The fourth-order valence-corrected chi connectivity index (χ4v) is 1.44. The van der Waals surface area contributed by atoms with Crippen molar-refractivity contribution in [2.24, 2.45) is 0 Å². The third-order valence-electron chi connectivity index (χ3n) is 2.09. The largest absolute Gasteiger partial charge is 0.385 e. The fraction of sp³-hybridized carbons (Fsp3) is 0.100. The van der Waals surface area contributed by atoms with E-state index in [2.05, 4.69) is 4.98 Å². The molecule has 0 saturated heterocycles. The highest BCUT2D eigenvalue weighted by Gasteiger charge is 2.00. The Hall–Kier alpha value is -1.77. The summed E-state index contributed by atoms with van der Waals surface area (Å²) in [6.07, 6.45) is 0. The van der Waals surface area contributed by atoms with Crippen molar-refractivity contribution in [1.29, 1.82) is 0 Å². The Kier molecular flexibility index (Phi) is 1.59. The molecule has 2 aromatic rings. The van der Waals surface area contributed by atoms with E-state index in [-0.39, 0.29) is 5.43 Å². The molecule has 1 heterocycles. The number of aromatic nitrogens is 1. The number of hydrogen-bond donors (Lipinski definition) is 2. The molecule has 0 atom stereocenters. The van der Waals surface area contributed by atoms with Crippen LogP contribution in [0.2, 0.25) is 0 Å². The van der Waals surface area contributed by atoms with Gasteiger partial charge in [0.15, 0.2) is 5.43 Å². The predicted octanol–water partition coefficient (Wildman–Crippen LogP) is 1.42. The number of anilines is 1. The summed E-state index contributed by atoms with van der Waals surface area (Å²) in [6.45, 7) is 1.94. The number of nitrogen functional groups attached to an aromatic ring is 1. The topological polar surface area (TPSA) is 58.9 Å². The quantitative estimate of drug-likeness (QED) is 0.634. The first-order valence-electron chi connectivity index (χ1n) is 4.06. The third kappa shape index (κ3) is 1.18. The molecule has 0 radical (unpaired) electrons. The van der Waals surface area contributed by atoms with Crippen molar-refractivity contribution in [2.75, 3.05) is 5.73 Å². The smallest absolute Gasteiger partial charge is 0.191 e. The molecule has 0 aliphatic heterocycles. The number of nitrogens with one attached hydrogen (secondary N) is 1. The number of aryl methyl sites for hydroxylation is 1. The fourth-order valence-electron chi connectivity index (χ4n) is 1.44. The van der Waals surface area contributed by atoms with Gasteiger partial charge in [0.1, 0.15) is 5.82 Å². The molecule has 0 aliphatic rings. The number of fused-ring (bicyclic) bond motifs is 1. The van der Waals surface area contributed by atoms with Crippen LogP contribution in [0, 0.1) is 6.92 Å². The minimum absolute atomic E-state index is 0.0325. The van der Waals surface area contributed by atoms with Crippen LogP contribution in [0.4, 0.5) is 5.82 Å². The lowest BCUT2D eigenvalue weighted by Gasteiger charge is -2.02. The lowest BCUT2D eigenvalue weighted by molar-refractivity contribution is 1.35. The second-order valence-corrected chi connectivity index (χ2v) is 3.09. The van der Waals surface area contributed by atoms with Gasteiger partial charge in [-0.15, -0.1) is 0 Å². The molecule has 1 aromatic heterocycles. The van der Waals surface area contributed by atoms with Crippen LogP contribution in [0.1, 0.15) is 5.56 Å². The van der Waals surface area contributed by atoms with Crippen LogP contribution in [0.5, 0.6) is 0 Å². The predicted molar refractivity (Wildman–Crippen MR) is 53.7 cm³/mol. The van der Waals surface area contributed by atoms with E-state index in [1.807, 2.05) is 19.1 Å². The third-order valence-corrected chi connectivity index (χ3v) is 2.09. The molecule has 0 fully saturated rings. The summed E-state index contributed by atoms with van der Waals surface area (Å²) in [7, 11) is 0. The van der Waals surface area contributed by atoms with Crippen LogP contribution < -0.4 is 11.2 Å². The zero-order chi connectivity index (χ0) is 9.42. The van der Waals surface area contributed by atoms with Crippen molar-refractivity contribution in [2.45, 2.75) is 6.92 Å². The maximum absolute atomic E-state index is 11.5. The molecule has 0 unspecified atom stereocenters. The molecule has 66 valence electrons. The zero-order valence-electron chi connectivity index (χ0n) is 7.29. The summed E-state index contributed by atoms with van der Waals surface area (Å²) in [5.74, 6) is 0.409. The van der Waals surface area contributed by atoms with Gasteiger partial charge in [-0.2, -0.15) is 0 Å². The summed E-state index contributed by atoms with van der Waals surface area (Å²) in [5.41, 5.74) is 7.36. The summed E-state index contributed by atoms with van der Waals surface area (Å²) in [4.78, 5) is 14.4. The Morgan fingerprint density at radius 3 is 2.92 bits per heavy atom. The normalized spacial score (nSPS) is 10.5. The molecule has 1 aromatic carbocycles. The second-order valence-electron chi connectivity index (χ2n) is 3.09. The standard InChI is InChI=1S/C10H10N2O/c1-6-3-2-4-7-8(13)5-9(11)12-10(6)7/h2-5H,1H3,(H3,11,12,13). The van der Waals surface area contributed by atoms with Crippen LogP contribution in [0.15, 0.2) is 29.1 Å². The Balaban J connectivity index is 3.03. The van der Waals surface area contributed by atoms with E-state index < -0.39 is 0 Å². The first-order valence-corrected chi connectivity index (χ1v) is 4.06. The molecule has 0 bridgehead atoms. The number of aromatic amines is 1. The number of pyridine rings is 1. The molecular formula is C10H10N2O. The van der Waals surface area contributed by atoms with Crippen LogP contribution >= 0.6 is 0 Å². The number of nitrogens with two attached hydrogens (primary N) is 1. The Morgan fingerprint density at radius 2 is 2.15 bits per heavy atom. The van der Waals surface area contributed by atoms with Gasteiger partial charge < -0.3 is 10.7 Å². The van der Waals surface area contributed by atoms with Crippen molar-refractivity contribution < 1.29 is 0 Å². The summed E-state index contributed by atoms with van der Waals surface area (Å²) >= 11 is 0. The monoisotopic (exact) mass is 174 g/mol. The van der Waals surface area contributed by atoms with E-state index in [1.54, 1.807) is 6.07 Å². The molecule has 0 spiro atoms. The first-order chi connectivity index (χ1) is 6.18. The van der Waals surface area contributed by atoms with Crippen molar-refractivity contribution >= 4 is 16.7 Å². The van der Waals surface area contributed by atoms with Crippen LogP contribution in [-0.2, 0) is 0 Å². The molecule has 0 amide bonds. The summed E-state index contributed by atoms with van der Waals surface area (Å²) < 4.78 is 0. The van der Waals surface area contributed by atoms with E-state index in [0.717, 1.165) is 11.1 Å². The van der Waals surface area contributed by atoms with Gasteiger partial charge in [0.05, 0.1) is 5.52 Å². The highest BCUT2D eigenvalue weighted by atomic mass is 16.1. The second kappa shape index (κ2) is 2.62. The SMILES string of the molecule is Cc1cccc2c(=O)cc(N)[nH]c12. The molecule has 2 rings (SSSR count). The van der Waals surface area contributed by atoms with Crippen molar-refractivity contribution in [3.8, 4) is 0 Å². The number of H-pyrrole nitrogens is 1. The van der Waals surface area contributed by atoms with Crippen molar-refractivity contribution in [3.05, 3.63) is 40.1 Å². The van der Waals surface area contributed by atoms with E-state index >= 15 is 0 Å². The zero-order valence-corrected chi connectivity index (χ0v) is 7.29. The van der Waals surface area contributed by atoms with Crippen molar-refractivity contribution in [3.63, 3.8) is 0 Å². The number of hydrogen-bond acceptors (Lipinski definition) is 2. The lowest BCUT2D eigenvalue weighted by atomic mass is 10.1. The average Bonchev–Trinajstić information content (AvgIpc) is 2.07. The number of benzene rings is 1. The van der Waals surface area contributed by atoms with E-state index in [1.165, 1.54) is 6.07 Å². The minimum Gasteiger partial charge on any atom is -0.385 e. The van der Waals surface area contributed by atoms with Gasteiger partial charge in [-0.3, -0.25) is 4.79 Å². The maximum Gasteiger partial charge on any atom is 0.191 e. The Bertz CT molecular complexity index is 514. The van der Waals surface area contributed by atoms with Crippen LogP contribution in [-0.4, -0.2) is 4.98 Å². The van der Waals surface area contributed by atoms with Gasteiger partial charge in [-0.05, 0) is 18.6 Å². The summed E-state index contributed by atoms with van der Waals surface area (Å²) in [6, 6.07) is 7.00. The molecule has 0 saturated carbocycles. The number of rotatable bonds is 0. The Morgan fingerprint density at radius 1 is 1.38 bits per heavy atom. The highest BCUT2D eigenvalue weighted by molar-refractivity contribution is 5.82. The molecular weight excluding hydrogens is 164 g/mol. The maximum atomic E-state index is 11.5. The van der Waals surface area contributed by atoms with E-state index in [0.29, 0.717) is 11.2 Å². The van der Waals surface area contributed by atoms with E-state index in [9.17, 15) is 4.79 Å². The number of para-hydroxylation sites is 1. The van der Waals surface area contributed by atoms with Gasteiger partial charge in [0.2, 0.25) is 0 Å². The summed E-state index contributed by atoms with van der Waals surface area (Å²) in [5, 5.41) is 0.689. The molecule has 3 heteroatoms. The lowest BCUT2D eigenvalue weighted by Crippen LogP contribution is -2.05. The van der Waals surface area contributed by atoms with Crippen molar-refractivity contribution in [1.82, 2.24) is 4.98 Å². The molecule has 3 N–H and O–H groups in total. The van der Waals surface area contributed by atoms with E-state index in [4.69, 9.17) is 5.73 Å². The van der Waals surface area contributed by atoms with Crippen LogP contribution in [0.25, 0.3) is 10.9 Å². The first kappa shape index (κ1) is 7.86. The van der Waals surface area contributed by atoms with Gasteiger partial charge >= 0.3 is 0 Å². The Labute approximate surface area is 75.2 Å². The molecule has 0 aliphatic carbocycles. The van der Waals surface area contributed by atoms with Gasteiger partial charge in [0.25, 0.3) is 0 Å². The molecule has 3 nitrogen and oxygen atoms in total. The highest BCUT2D eigenvalue weighted by Crippen LogP contribution is 2.13. The van der Waals surface area contributed by atoms with Crippen LogP contribution in [0.3, 0.4) is 0 Å². The minimum atomic E-state index is -0.0325. The van der Waals surface area contributed by atoms with Gasteiger partial charge in [-0.1, -0.05) is 12.1 Å². The average molecular weight is 174 g/mol.